The predicted molar refractivity (Wildman–Crippen MR) is 75.7 cm³/mol. The van der Waals surface area contributed by atoms with Crippen LogP contribution >= 0.6 is 0 Å². The zero-order chi connectivity index (χ0) is 14.9. The van der Waals surface area contributed by atoms with E-state index in [4.69, 9.17) is 5.73 Å². The number of piperidine rings is 1. The number of benzene rings is 1. The fourth-order valence-electron chi connectivity index (χ4n) is 2.59. The molecule has 0 amide bonds. The minimum atomic E-state index is -4.01. The number of hydrazine groups is 1. The number of nitrogens with two attached hydrogens (primary N) is 1. The van der Waals surface area contributed by atoms with E-state index in [1.807, 2.05) is 13.8 Å². The largest absolute Gasteiger partial charge is 0.398 e. The second-order valence-corrected chi connectivity index (χ2v) is 6.89. The molecule has 112 valence electrons. The number of rotatable bonds is 3. The molecule has 5 nitrogen and oxygen atoms in total. The van der Waals surface area contributed by atoms with Crippen LogP contribution in [0.4, 0.5) is 10.1 Å². The lowest BCUT2D eigenvalue weighted by Gasteiger charge is -2.38. The van der Waals surface area contributed by atoms with Crippen LogP contribution in [0.25, 0.3) is 0 Å². The third-order valence-electron chi connectivity index (χ3n) is 3.69. The maximum Gasteiger partial charge on any atom is 0.258 e. The average Bonchev–Trinajstić information content (AvgIpc) is 2.33. The summed E-state index contributed by atoms with van der Waals surface area (Å²) in [6.07, 6.45) is 2.86. The van der Waals surface area contributed by atoms with E-state index in [0.29, 0.717) is 0 Å². The molecule has 7 heteroatoms. The molecule has 2 rings (SSSR count). The van der Waals surface area contributed by atoms with Gasteiger partial charge in [-0.1, -0.05) is 12.5 Å². The lowest BCUT2D eigenvalue weighted by molar-refractivity contribution is 0.0789. The molecule has 1 aliphatic heterocycles. The maximum atomic E-state index is 13.8. The molecule has 0 bridgehead atoms. The first kappa shape index (κ1) is 15.2. The van der Waals surface area contributed by atoms with Gasteiger partial charge in [-0.2, -0.15) is 0 Å². The molecule has 0 saturated carbocycles. The topological polar surface area (TPSA) is 75.4 Å². The summed E-state index contributed by atoms with van der Waals surface area (Å²) in [5.74, 6) is -0.838. The van der Waals surface area contributed by atoms with Gasteiger partial charge in [-0.15, -0.1) is 4.83 Å². The first-order chi connectivity index (χ1) is 9.33. The Bertz CT molecular complexity index is 561. The number of nitrogen functional groups attached to an aromatic ring is 1. The molecule has 0 aliphatic carbocycles. The summed E-state index contributed by atoms with van der Waals surface area (Å²) in [6, 6.07) is 3.99. The van der Waals surface area contributed by atoms with Gasteiger partial charge in [0.1, 0.15) is 10.7 Å². The summed E-state index contributed by atoms with van der Waals surface area (Å²) in [4.78, 5) is 2.00. The van der Waals surface area contributed by atoms with E-state index >= 15 is 0 Å². The van der Waals surface area contributed by atoms with E-state index in [-0.39, 0.29) is 17.8 Å². The van der Waals surface area contributed by atoms with Crippen LogP contribution in [0, 0.1) is 5.82 Å². The normalized spacial score (nSPS) is 24.8. The molecular formula is C13H20FN3O2S. The maximum absolute atomic E-state index is 13.8. The number of hydrogen-bond donors (Lipinski definition) is 2. The van der Waals surface area contributed by atoms with Crippen LogP contribution in [0.2, 0.25) is 0 Å². The summed E-state index contributed by atoms with van der Waals surface area (Å²) in [5.41, 5.74) is 5.52. The molecule has 3 N–H and O–H groups in total. The van der Waals surface area contributed by atoms with Gasteiger partial charge in [0.05, 0.1) is 5.69 Å². The minimum Gasteiger partial charge on any atom is -0.398 e. The first-order valence-corrected chi connectivity index (χ1v) is 8.16. The van der Waals surface area contributed by atoms with E-state index in [9.17, 15) is 12.8 Å². The van der Waals surface area contributed by atoms with Crippen molar-refractivity contribution in [2.45, 2.75) is 50.1 Å². The van der Waals surface area contributed by atoms with Crippen LogP contribution in [0.3, 0.4) is 0 Å². The minimum absolute atomic E-state index is 0.0709. The molecule has 1 aromatic rings. The Morgan fingerprint density at radius 1 is 1.30 bits per heavy atom. The number of sulfonamides is 1. The van der Waals surface area contributed by atoms with Gasteiger partial charge in [-0.05, 0) is 38.8 Å². The van der Waals surface area contributed by atoms with Crippen molar-refractivity contribution in [3.63, 3.8) is 0 Å². The summed E-state index contributed by atoms with van der Waals surface area (Å²) in [7, 11) is -4.01. The number of halogens is 1. The van der Waals surface area contributed by atoms with Gasteiger partial charge in [0, 0.05) is 12.1 Å². The molecule has 0 radical (unpaired) electrons. The van der Waals surface area contributed by atoms with Gasteiger partial charge >= 0.3 is 0 Å². The number of anilines is 1. The molecule has 2 atom stereocenters. The molecule has 1 aliphatic rings. The molecular weight excluding hydrogens is 281 g/mol. The van der Waals surface area contributed by atoms with Crippen molar-refractivity contribution in [2.24, 2.45) is 0 Å². The van der Waals surface area contributed by atoms with E-state index in [0.717, 1.165) is 25.3 Å². The van der Waals surface area contributed by atoms with E-state index < -0.39 is 20.7 Å². The van der Waals surface area contributed by atoms with Crippen molar-refractivity contribution in [3.05, 3.63) is 24.0 Å². The molecule has 0 aromatic heterocycles. The van der Waals surface area contributed by atoms with Crippen molar-refractivity contribution in [1.82, 2.24) is 9.84 Å². The quantitative estimate of drug-likeness (QED) is 0.836. The van der Waals surface area contributed by atoms with Crippen molar-refractivity contribution in [1.29, 1.82) is 0 Å². The Hall–Kier alpha value is -1.18. The summed E-state index contributed by atoms with van der Waals surface area (Å²) >= 11 is 0. The van der Waals surface area contributed by atoms with Crippen molar-refractivity contribution < 1.29 is 12.8 Å². The van der Waals surface area contributed by atoms with Crippen LogP contribution in [0.5, 0.6) is 0 Å². The average molecular weight is 301 g/mol. The Morgan fingerprint density at radius 3 is 2.45 bits per heavy atom. The fraction of sp³-hybridized carbons (Fsp3) is 0.538. The first-order valence-electron chi connectivity index (χ1n) is 6.67. The second kappa shape index (κ2) is 5.67. The molecule has 20 heavy (non-hydrogen) atoms. The lowest BCUT2D eigenvalue weighted by atomic mass is 10.0. The van der Waals surface area contributed by atoms with Gasteiger partial charge in [0.15, 0.2) is 0 Å². The van der Waals surface area contributed by atoms with Crippen LogP contribution in [-0.2, 0) is 10.0 Å². The third kappa shape index (κ3) is 2.94. The lowest BCUT2D eigenvalue weighted by Crippen LogP contribution is -2.54. The number of nitrogens with one attached hydrogen (secondary N) is 1. The smallest absolute Gasteiger partial charge is 0.258 e. The van der Waals surface area contributed by atoms with Crippen LogP contribution < -0.4 is 10.6 Å². The molecule has 1 fully saturated rings. The zero-order valence-electron chi connectivity index (χ0n) is 11.6. The van der Waals surface area contributed by atoms with Crippen molar-refractivity contribution >= 4 is 15.7 Å². The van der Waals surface area contributed by atoms with Crippen LogP contribution in [-0.4, -0.2) is 25.5 Å². The fourth-order valence-corrected chi connectivity index (χ4v) is 4.03. The highest BCUT2D eigenvalue weighted by atomic mass is 32.2. The summed E-state index contributed by atoms with van der Waals surface area (Å²) in [6.45, 7) is 3.89. The van der Waals surface area contributed by atoms with Gasteiger partial charge < -0.3 is 5.73 Å². The van der Waals surface area contributed by atoms with E-state index in [2.05, 4.69) is 4.83 Å². The molecule has 1 saturated heterocycles. The van der Waals surface area contributed by atoms with Gasteiger partial charge in [0.25, 0.3) is 10.0 Å². The zero-order valence-corrected chi connectivity index (χ0v) is 12.5. The summed E-state index contributed by atoms with van der Waals surface area (Å²) in [5, 5.41) is 1.67. The van der Waals surface area contributed by atoms with Crippen molar-refractivity contribution in [3.8, 4) is 0 Å². The predicted octanol–water partition coefficient (Wildman–Crippen LogP) is 1.86. The monoisotopic (exact) mass is 301 g/mol. The molecule has 1 aromatic carbocycles. The standard InChI is InChI=1S/C13H20FN3O2S/c1-9-5-3-6-10(2)17(9)16-20(18,19)13-11(14)7-4-8-12(13)15/h4,7-10,16H,3,5-6,15H2,1-2H3. The highest BCUT2D eigenvalue weighted by Crippen LogP contribution is 2.25. The number of hydrogen-bond acceptors (Lipinski definition) is 4. The Balaban J connectivity index is 2.31. The highest BCUT2D eigenvalue weighted by Gasteiger charge is 2.31. The molecule has 0 spiro atoms. The number of nitrogens with zero attached hydrogens (tertiary/aromatic N) is 1. The molecule has 2 unspecified atom stereocenters. The Kier molecular flexibility index (Phi) is 4.31. The molecule has 1 heterocycles. The van der Waals surface area contributed by atoms with Gasteiger partial charge in [-0.25, -0.2) is 17.8 Å². The Morgan fingerprint density at radius 2 is 1.90 bits per heavy atom. The summed E-state index contributed by atoms with van der Waals surface area (Å²) < 4.78 is 38.5. The van der Waals surface area contributed by atoms with Crippen LogP contribution in [0.1, 0.15) is 33.1 Å². The second-order valence-electron chi connectivity index (χ2n) is 5.29. The van der Waals surface area contributed by atoms with Gasteiger partial charge in [0.2, 0.25) is 0 Å². The van der Waals surface area contributed by atoms with Crippen molar-refractivity contribution in [2.75, 3.05) is 5.73 Å². The van der Waals surface area contributed by atoms with Crippen LogP contribution in [0.15, 0.2) is 23.1 Å². The Labute approximate surface area is 119 Å². The van der Waals surface area contributed by atoms with E-state index in [1.165, 1.54) is 12.1 Å². The van der Waals surface area contributed by atoms with Gasteiger partial charge in [-0.3, -0.25) is 0 Å². The van der Waals surface area contributed by atoms with E-state index in [1.54, 1.807) is 5.01 Å². The highest BCUT2D eigenvalue weighted by molar-refractivity contribution is 7.89. The SMILES string of the molecule is CC1CCCC(C)N1NS(=O)(=O)c1c(N)cccc1F. The third-order valence-corrected chi connectivity index (χ3v) is 5.10.